The van der Waals surface area contributed by atoms with Gasteiger partial charge in [0.25, 0.3) is 5.91 Å². The first-order valence-electron chi connectivity index (χ1n) is 13.8. The summed E-state index contributed by atoms with van der Waals surface area (Å²) in [4.78, 5) is 20.0. The van der Waals surface area contributed by atoms with Gasteiger partial charge in [0.2, 0.25) is 0 Å². The average molecular weight is 560 g/mol. The summed E-state index contributed by atoms with van der Waals surface area (Å²) in [7, 11) is 1.89. The highest BCUT2D eigenvalue weighted by molar-refractivity contribution is 6.35. The summed E-state index contributed by atoms with van der Waals surface area (Å²) in [6.07, 6.45) is 5.42. The van der Waals surface area contributed by atoms with E-state index in [1.165, 1.54) is 23.3 Å². The molecule has 4 heterocycles. The second-order valence-corrected chi connectivity index (χ2v) is 11.7. The molecule has 1 aliphatic heterocycles. The minimum absolute atomic E-state index is 0.0319. The van der Waals surface area contributed by atoms with Crippen LogP contribution in [0.2, 0.25) is 5.02 Å². The topological polar surface area (TPSA) is 86.9 Å². The Balaban J connectivity index is 1.39. The molecule has 1 aliphatic carbocycles. The Bertz CT molecular complexity index is 1740. The van der Waals surface area contributed by atoms with Crippen LogP contribution < -0.4 is 5.73 Å². The summed E-state index contributed by atoms with van der Waals surface area (Å²) in [5, 5.41) is 5.93. The Kier molecular flexibility index (Phi) is 6.16. The molecule has 2 aliphatic rings. The molecular formula is C30H31ClFN7O. The van der Waals surface area contributed by atoms with Crippen molar-refractivity contribution in [2.45, 2.75) is 44.6 Å². The van der Waals surface area contributed by atoms with Gasteiger partial charge in [0.15, 0.2) is 5.82 Å². The highest BCUT2D eigenvalue weighted by atomic mass is 35.5. The molecule has 206 valence electrons. The summed E-state index contributed by atoms with van der Waals surface area (Å²) >= 11 is 6.93. The predicted molar refractivity (Wildman–Crippen MR) is 154 cm³/mol. The largest absolute Gasteiger partial charge is 0.338 e. The molecule has 3 aromatic heterocycles. The van der Waals surface area contributed by atoms with Crippen molar-refractivity contribution in [1.29, 1.82) is 0 Å². The molecule has 0 radical (unpaired) electrons. The molecule has 7 rings (SSSR count). The van der Waals surface area contributed by atoms with Crippen LogP contribution >= 0.6 is 11.6 Å². The van der Waals surface area contributed by atoms with Gasteiger partial charge in [-0.2, -0.15) is 5.10 Å². The number of carbonyl (C=O) groups is 1. The van der Waals surface area contributed by atoms with Gasteiger partial charge in [-0.25, -0.2) is 9.37 Å². The van der Waals surface area contributed by atoms with Gasteiger partial charge in [0.05, 0.1) is 41.0 Å². The highest BCUT2D eigenvalue weighted by Gasteiger charge is 2.30. The van der Waals surface area contributed by atoms with Crippen molar-refractivity contribution in [1.82, 2.24) is 28.8 Å². The third kappa shape index (κ3) is 4.57. The number of piperidine rings is 1. The van der Waals surface area contributed by atoms with Crippen molar-refractivity contribution < 1.29 is 9.18 Å². The number of nitrogens with zero attached hydrogens (tertiary/aromatic N) is 6. The number of hydrogen-bond donors (Lipinski definition) is 1. The number of halogens is 2. The van der Waals surface area contributed by atoms with E-state index in [1.54, 1.807) is 16.8 Å². The minimum Gasteiger partial charge on any atom is -0.338 e. The number of alkyl halides is 1. The molecule has 1 amide bonds. The summed E-state index contributed by atoms with van der Waals surface area (Å²) in [5.74, 6) is 1.16. The number of imidazole rings is 1. The van der Waals surface area contributed by atoms with E-state index >= 15 is 0 Å². The average Bonchev–Trinajstić information content (AvgIpc) is 3.37. The minimum atomic E-state index is -1.13. The summed E-state index contributed by atoms with van der Waals surface area (Å²) in [5.41, 5.74) is 11.0. The molecule has 1 saturated heterocycles. The number of carbonyl (C=O) groups excluding carboxylic acids is 1. The Hall–Kier alpha value is -3.69. The number of likely N-dealkylation sites (tertiary alicyclic amines) is 1. The van der Waals surface area contributed by atoms with Crippen LogP contribution in [0.15, 0.2) is 54.9 Å². The van der Waals surface area contributed by atoms with E-state index < -0.39 is 6.17 Å². The van der Waals surface area contributed by atoms with Crippen LogP contribution in [-0.2, 0) is 20.1 Å². The van der Waals surface area contributed by atoms with Crippen molar-refractivity contribution in [2.24, 2.45) is 18.7 Å². The second kappa shape index (κ2) is 9.74. The maximum Gasteiger partial charge on any atom is 0.254 e. The lowest BCUT2D eigenvalue weighted by molar-refractivity contribution is 0.0607. The van der Waals surface area contributed by atoms with Crippen molar-refractivity contribution in [2.75, 3.05) is 13.1 Å². The smallest absolute Gasteiger partial charge is 0.254 e. The van der Waals surface area contributed by atoms with Crippen molar-refractivity contribution >= 4 is 39.4 Å². The first kappa shape index (κ1) is 25.3. The third-order valence-corrected chi connectivity index (χ3v) is 8.33. The Morgan fingerprint density at radius 2 is 1.98 bits per heavy atom. The number of aromatic nitrogens is 5. The SMILES string of the molecule is Cn1cc(Cn2c(-c3cc4ccccc4n3CC3CC3)nc3cc(C(=O)N4CC(N)C[C@@H](F)C4)cc(Cl)c32)cn1. The van der Waals surface area contributed by atoms with Crippen LogP contribution in [0.4, 0.5) is 4.39 Å². The van der Waals surface area contributed by atoms with Gasteiger partial charge >= 0.3 is 0 Å². The van der Waals surface area contributed by atoms with E-state index in [0.717, 1.165) is 34.5 Å². The number of rotatable bonds is 6. The molecule has 8 nitrogen and oxygen atoms in total. The predicted octanol–water partition coefficient (Wildman–Crippen LogP) is 5.01. The lowest BCUT2D eigenvalue weighted by Gasteiger charge is -2.33. The van der Waals surface area contributed by atoms with Crippen molar-refractivity contribution in [3.8, 4) is 11.5 Å². The van der Waals surface area contributed by atoms with E-state index in [-0.39, 0.29) is 24.9 Å². The Morgan fingerprint density at radius 1 is 1.15 bits per heavy atom. The number of nitrogens with two attached hydrogens (primary N) is 1. The molecule has 1 saturated carbocycles. The molecule has 2 fully saturated rings. The van der Waals surface area contributed by atoms with Crippen LogP contribution in [0.3, 0.4) is 0 Å². The lowest BCUT2D eigenvalue weighted by atomic mass is 10.0. The summed E-state index contributed by atoms with van der Waals surface area (Å²) < 4.78 is 20.5. The standard InChI is InChI=1S/C30H31ClFN7O/c1-36-13-19(12-34-36)15-39-28-24(31)8-21(30(40)37-16-22(32)11-23(33)17-37)9-25(28)35-29(39)27-10-20-4-2-3-5-26(20)38(27)14-18-6-7-18/h2-5,8-10,12-13,18,22-23H,6-7,11,14-17,33H2,1H3/t22-,23?/m1/s1. The number of aryl methyl sites for hydroxylation is 1. The lowest BCUT2D eigenvalue weighted by Crippen LogP contribution is -2.50. The summed E-state index contributed by atoms with van der Waals surface area (Å²) in [6, 6.07) is 13.6. The van der Waals surface area contributed by atoms with Crippen LogP contribution in [-0.4, -0.2) is 60.0 Å². The summed E-state index contributed by atoms with van der Waals surface area (Å²) in [6.45, 7) is 1.79. The molecule has 1 unspecified atom stereocenters. The van der Waals surface area contributed by atoms with E-state index in [9.17, 15) is 9.18 Å². The molecule has 2 aromatic carbocycles. The molecule has 10 heteroatoms. The first-order valence-corrected chi connectivity index (χ1v) is 14.2. The number of amides is 1. The highest BCUT2D eigenvalue weighted by Crippen LogP contribution is 2.38. The van der Waals surface area contributed by atoms with Gasteiger partial charge in [-0.3, -0.25) is 9.48 Å². The van der Waals surface area contributed by atoms with E-state index in [1.807, 2.05) is 19.4 Å². The monoisotopic (exact) mass is 559 g/mol. The van der Waals surface area contributed by atoms with E-state index in [4.69, 9.17) is 22.3 Å². The number of para-hydroxylation sites is 1. The molecule has 0 spiro atoms. The van der Waals surface area contributed by atoms with Gasteiger partial charge in [0, 0.05) is 54.4 Å². The molecule has 40 heavy (non-hydrogen) atoms. The zero-order chi connectivity index (χ0) is 27.5. The fraction of sp³-hybridized carbons (Fsp3) is 0.367. The number of hydrogen-bond acceptors (Lipinski definition) is 4. The second-order valence-electron chi connectivity index (χ2n) is 11.3. The zero-order valence-corrected chi connectivity index (χ0v) is 23.1. The number of fused-ring (bicyclic) bond motifs is 2. The Labute approximate surface area is 236 Å². The van der Waals surface area contributed by atoms with Crippen LogP contribution in [0, 0.1) is 5.92 Å². The van der Waals surface area contributed by atoms with Crippen molar-refractivity contribution in [3.05, 3.63) is 71.0 Å². The van der Waals surface area contributed by atoms with Gasteiger partial charge in [0.1, 0.15) is 6.17 Å². The van der Waals surface area contributed by atoms with Gasteiger partial charge in [-0.1, -0.05) is 29.8 Å². The fourth-order valence-corrected chi connectivity index (χ4v) is 6.32. The quantitative estimate of drug-likeness (QED) is 0.317. The Morgan fingerprint density at radius 3 is 2.73 bits per heavy atom. The number of benzene rings is 2. The van der Waals surface area contributed by atoms with Gasteiger partial charge in [-0.05, 0) is 49.4 Å². The van der Waals surface area contributed by atoms with Crippen LogP contribution in [0.25, 0.3) is 33.5 Å². The molecule has 2 N–H and O–H groups in total. The van der Waals surface area contributed by atoms with Crippen LogP contribution in [0.1, 0.15) is 35.2 Å². The van der Waals surface area contributed by atoms with Crippen molar-refractivity contribution in [3.63, 3.8) is 0 Å². The van der Waals surface area contributed by atoms with E-state index in [2.05, 4.69) is 44.6 Å². The van der Waals surface area contributed by atoms with Crippen LogP contribution in [0.5, 0.6) is 0 Å². The molecular weight excluding hydrogens is 529 g/mol. The molecule has 0 bridgehead atoms. The fourth-order valence-electron chi connectivity index (χ4n) is 6.00. The normalized spacial score (nSPS) is 19.6. The molecule has 2 atom stereocenters. The first-order chi connectivity index (χ1) is 19.3. The maximum atomic E-state index is 14.2. The van der Waals surface area contributed by atoms with Gasteiger partial charge < -0.3 is 19.8 Å². The maximum absolute atomic E-state index is 14.2. The van der Waals surface area contributed by atoms with Gasteiger partial charge in [-0.15, -0.1) is 0 Å². The molecule has 5 aromatic rings. The van der Waals surface area contributed by atoms with E-state index in [0.29, 0.717) is 35.1 Å². The third-order valence-electron chi connectivity index (χ3n) is 8.04. The zero-order valence-electron chi connectivity index (χ0n) is 22.3.